The van der Waals surface area contributed by atoms with Gasteiger partial charge in [0.1, 0.15) is 59.3 Å². The van der Waals surface area contributed by atoms with E-state index >= 15 is 0 Å². The molecule has 368 valence electrons. The van der Waals surface area contributed by atoms with E-state index in [0.717, 1.165) is 19.1 Å². The van der Waals surface area contributed by atoms with Gasteiger partial charge in [-0.2, -0.15) is 15.3 Å². The van der Waals surface area contributed by atoms with Gasteiger partial charge in [-0.25, -0.2) is 15.8 Å². The van der Waals surface area contributed by atoms with Crippen LogP contribution < -0.4 is 42.5 Å². The van der Waals surface area contributed by atoms with Crippen molar-refractivity contribution in [2.24, 2.45) is 16.8 Å². The van der Waals surface area contributed by atoms with E-state index in [-0.39, 0.29) is 67.9 Å². The summed E-state index contributed by atoms with van der Waals surface area (Å²) in [6, 6.07) is 9.76. The second-order valence-electron chi connectivity index (χ2n) is 17.6. The average molecular weight is 959 g/mol. The molecule has 3 atom stereocenters. The first-order valence-corrected chi connectivity index (χ1v) is 23.5. The number of aldehydes is 1. The molecule has 2 saturated heterocycles. The Labute approximate surface area is 402 Å². The van der Waals surface area contributed by atoms with Crippen LogP contribution in [0.15, 0.2) is 53.7 Å². The Balaban J connectivity index is 1.15. The highest BCUT2D eigenvalue weighted by molar-refractivity contribution is 6.05. The first kappa shape index (κ1) is 47.4. The molecule has 0 radical (unpaired) electrons. The molecule has 9 rings (SSSR count). The van der Waals surface area contributed by atoms with E-state index in [1.54, 1.807) is 45.8 Å². The highest BCUT2D eigenvalue weighted by atomic mass is 16.5. The molecule has 3 unspecified atom stereocenters. The van der Waals surface area contributed by atoms with Gasteiger partial charge in [0.2, 0.25) is 11.9 Å². The predicted octanol–water partition coefficient (Wildman–Crippen LogP) is 3.26. The number of likely N-dealkylation sites (tertiary alicyclic amines) is 1. The normalized spacial score (nSPS) is 18.9. The molecular formula is C47H58N16O7. The monoisotopic (exact) mass is 958 g/mol. The lowest BCUT2D eigenvalue weighted by Crippen LogP contribution is -2.52. The van der Waals surface area contributed by atoms with Crippen molar-refractivity contribution in [1.29, 1.82) is 0 Å². The summed E-state index contributed by atoms with van der Waals surface area (Å²) in [5.41, 5.74) is 7.11. The molecule has 23 nitrogen and oxygen atoms in total. The van der Waals surface area contributed by atoms with Crippen LogP contribution in [0.2, 0.25) is 0 Å². The van der Waals surface area contributed by atoms with Crippen molar-refractivity contribution < 1.29 is 33.4 Å². The van der Waals surface area contributed by atoms with Gasteiger partial charge in [-0.15, -0.1) is 0 Å². The molecule has 3 aliphatic rings. The Hall–Kier alpha value is -7.63. The van der Waals surface area contributed by atoms with Crippen LogP contribution in [0.25, 0.3) is 22.1 Å². The molecule has 4 aromatic heterocycles. The fourth-order valence-corrected chi connectivity index (χ4v) is 9.39. The van der Waals surface area contributed by atoms with Crippen molar-refractivity contribution in [3.63, 3.8) is 0 Å². The van der Waals surface area contributed by atoms with E-state index in [4.69, 9.17) is 35.9 Å². The number of ether oxygens (including phenoxy) is 3. The maximum atomic E-state index is 14.1. The SMILES string of the molecule is CCn1nc(C)cc1C(=O)Nc1nc2cc(C=O)cc3c2n1C/C=C/Cn1c(NC(=O)c2cc(C)nn2CC)nc2cc(C(=O)NCCC/C(=N/N)NN)cc(c21)OCC(N1CC2CCC(C1)O2)CO3. The van der Waals surface area contributed by atoms with Crippen LogP contribution in [0.3, 0.4) is 0 Å². The Morgan fingerprint density at radius 2 is 1.34 bits per heavy atom. The number of allylic oxidation sites excluding steroid dienone is 2. The summed E-state index contributed by atoms with van der Waals surface area (Å²) >= 11 is 0. The molecule has 70 heavy (non-hydrogen) atoms. The van der Waals surface area contributed by atoms with Gasteiger partial charge in [-0.3, -0.25) is 44.1 Å². The summed E-state index contributed by atoms with van der Waals surface area (Å²) in [7, 11) is 0. The standard InChI is InChI=1S/C47H58N16O7/c1-5-62-36(16-27(3)57-62)44(66)53-46-51-34-18-29(24-64)19-38-41(34)60(46)14-7-8-15-61-42-35(52-47(61)54-45(67)37-17-28(4)58-63(37)6-2)20-30(43(65)50-13-9-10-40(55-48)56-49)21-39(42)69-26-31(25-68-38)59-22-32-11-12-33(23-59)70-32/h7-8,16-21,24,31-33H,5-6,9-15,22-23,25-26,48-49H2,1-4H3,(H,50,65)(H,55,56)(H,51,53,66)(H,52,54,67)/b8-7+. The van der Waals surface area contributed by atoms with Gasteiger partial charge in [0, 0.05) is 63.4 Å². The first-order valence-electron chi connectivity index (χ1n) is 23.5. The molecular weight excluding hydrogens is 901 g/mol. The number of imidazole rings is 2. The number of amidine groups is 1. The zero-order chi connectivity index (χ0) is 49.1. The number of amides is 3. The number of nitrogens with one attached hydrogen (secondary N) is 4. The van der Waals surface area contributed by atoms with Crippen LogP contribution in [0, 0.1) is 13.8 Å². The number of nitrogens with zero attached hydrogens (tertiary/aromatic N) is 10. The highest BCUT2D eigenvalue weighted by Crippen LogP contribution is 2.35. The topological polar surface area (TPSA) is 283 Å². The summed E-state index contributed by atoms with van der Waals surface area (Å²) in [5.74, 6) is 11.3. The van der Waals surface area contributed by atoms with E-state index < -0.39 is 11.8 Å². The number of nitrogens with two attached hydrogens (primary N) is 2. The van der Waals surface area contributed by atoms with E-state index in [1.807, 2.05) is 49.0 Å². The van der Waals surface area contributed by atoms with Gasteiger partial charge >= 0.3 is 0 Å². The molecule has 0 saturated carbocycles. The fourth-order valence-electron chi connectivity index (χ4n) is 9.39. The minimum atomic E-state index is -0.423. The van der Waals surface area contributed by atoms with Crippen molar-refractivity contribution in [3.8, 4) is 11.5 Å². The van der Waals surface area contributed by atoms with Crippen LogP contribution in [-0.4, -0.2) is 125 Å². The lowest BCUT2D eigenvalue weighted by molar-refractivity contribution is -0.0639. The minimum Gasteiger partial charge on any atom is -0.490 e. The van der Waals surface area contributed by atoms with Crippen molar-refractivity contribution in [2.45, 2.75) is 97.8 Å². The lowest BCUT2D eigenvalue weighted by Gasteiger charge is -2.37. The maximum Gasteiger partial charge on any atom is 0.276 e. The Kier molecular flexibility index (Phi) is 13.9. The summed E-state index contributed by atoms with van der Waals surface area (Å²) < 4.78 is 26.8. The number of hydrogen-bond donors (Lipinski definition) is 6. The zero-order valence-corrected chi connectivity index (χ0v) is 39.6. The largest absolute Gasteiger partial charge is 0.490 e. The van der Waals surface area contributed by atoms with Gasteiger partial charge in [0.05, 0.1) is 40.7 Å². The number of carbonyl (C=O) groups is 4. The van der Waals surface area contributed by atoms with Crippen LogP contribution in [0.1, 0.15) is 92.6 Å². The predicted molar refractivity (Wildman–Crippen MR) is 260 cm³/mol. The molecule has 23 heteroatoms. The number of carbonyl (C=O) groups excluding carboxylic acids is 4. The van der Waals surface area contributed by atoms with Crippen molar-refractivity contribution in [3.05, 3.63) is 82.5 Å². The molecule has 8 N–H and O–H groups in total. The number of benzene rings is 2. The fraction of sp³-hybridized carbons (Fsp3) is 0.426. The number of hydrazine groups is 1. The Morgan fingerprint density at radius 3 is 1.87 bits per heavy atom. The first-order chi connectivity index (χ1) is 34.0. The Morgan fingerprint density at radius 1 is 0.786 bits per heavy atom. The highest BCUT2D eigenvalue weighted by Gasteiger charge is 2.37. The van der Waals surface area contributed by atoms with Crippen molar-refractivity contribution in [1.82, 2.24) is 54.3 Å². The third-order valence-electron chi connectivity index (χ3n) is 12.7. The van der Waals surface area contributed by atoms with E-state index in [9.17, 15) is 19.2 Å². The number of aryl methyl sites for hydroxylation is 4. The number of rotatable bonds is 13. The van der Waals surface area contributed by atoms with Crippen LogP contribution in [0.4, 0.5) is 11.9 Å². The number of hydrogen-bond acceptors (Lipinski definition) is 15. The molecule has 0 spiro atoms. The number of morpholine rings is 1. The Bertz CT molecular complexity index is 3010. The van der Waals surface area contributed by atoms with E-state index in [2.05, 4.69) is 41.6 Å². The van der Waals surface area contributed by atoms with Crippen LogP contribution in [0.5, 0.6) is 11.5 Å². The summed E-state index contributed by atoms with van der Waals surface area (Å²) in [4.78, 5) is 66.5. The van der Waals surface area contributed by atoms with Gasteiger partial charge in [0.15, 0.2) is 0 Å². The third kappa shape index (κ3) is 9.80. The number of fused-ring (bicyclic) bond motifs is 2. The summed E-state index contributed by atoms with van der Waals surface area (Å²) in [6.45, 7) is 10.6. The van der Waals surface area contributed by atoms with Gasteiger partial charge in [0.25, 0.3) is 17.7 Å². The molecule has 2 fully saturated rings. The van der Waals surface area contributed by atoms with Gasteiger partial charge in [-0.1, -0.05) is 12.2 Å². The average Bonchev–Trinajstić information content (AvgIpc) is 4.18. The quantitative estimate of drug-likeness (QED) is 0.0184. The molecule has 0 aliphatic carbocycles. The van der Waals surface area contributed by atoms with Crippen molar-refractivity contribution >= 4 is 63.8 Å². The maximum absolute atomic E-state index is 14.1. The second kappa shape index (κ2) is 20.5. The van der Waals surface area contributed by atoms with Crippen molar-refractivity contribution in [2.75, 3.05) is 43.5 Å². The smallest absolute Gasteiger partial charge is 0.276 e. The second-order valence-corrected chi connectivity index (χ2v) is 17.6. The molecule has 2 aromatic carbocycles. The number of hydrazone groups is 1. The molecule has 3 amide bonds. The van der Waals surface area contributed by atoms with Crippen LogP contribution >= 0.6 is 0 Å². The van der Waals surface area contributed by atoms with Crippen LogP contribution in [-0.2, 0) is 30.9 Å². The molecule has 7 heterocycles. The van der Waals surface area contributed by atoms with Gasteiger partial charge in [-0.05, 0) is 83.4 Å². The molecule has 6 aromatic rings. The third-order valence-corrected chi connectivity index (χ3v) is 12.7. The number of anilines is 2. The van der Waals surface area contributed by atoms with E-state index in [1.165, 1.54) is 0 Å². The summed E-state index contributed by atoms with van der Waals surface area (Å²) in [5, 5.41) is 21.6. The lowest BCUT2D eigenvalue weighted by atomic mass is 10.1. The molecule has 2 bridgehead atoms. The van der Waals surface area contributed by atoms with E-state index in [0.29, 0.717) is 113 Å². The summed E-state index contributed by atoms with van der Waals surface area (Å²) in [6.07, 6.45) is 7.41. The number of aromatic nitrogens is 8. The van der Waals surface area contributed by atoms with Gasteiger partial charge < -0.3 is 39.9 Å². The molecule has 3 aliphatic heterocycles. The zero-order valence-electron chi connectivity index (χ0n) is 39.6. The minimum absolute atomic E-state index is 0.0407.